The van der Waals surface area contributed by atoms with Gasteiger partial charge in [0.25, 0.3) is 0 Å². The average Bonchev–Trinajstić information content (AvgIpc) is 2.88. The van der Waals surface area contributed by atoms with Crippen LogP contribution >= 0.6 is 11.3 Å². The van der Waals surface area contributed by atoms with E-state index in [1.54, 1.807) is 23.1 Å². The zero-order valence-electron chi connectivity index (χ0n) is 9.14. The second-order valence-electron chi connectivity index (χ2n) is 3.47. The summed E-state index contributed by atoms with van der Waals surface area (Å²) in [7, 11) is 1.80. The Morgan fingerprint density at radius 2 is 2.44 bits per heavy atom. The lowest BCUT2D eigenvalue weighted by Gasteiger charge is -2.02. The molecule has 16 heavy (non-hydrogen) atoms. The Hall–Kier alpha value is -1.62. The molecule has 0 saturated heterocycles. The van der Waals surface area contributed by atoms with Crippen LogP contribution in [0.1, 0.15) is 21.6 Å². The van der Waals surface area contributed by atoms with Gasteiger partial charge in [0, 0.05) is 18.3 Å². The fourth-order valence-electron chi connectivity index (χ4n) is 1.30. The van der Waals surface area contributed by atoms with E-state index in [2.05, 4.69) is 5.10 Å². The van der Waals surface area contributed by atoms with E-state index < -0.39 is 0 Å². The molecule has 0 aromatic carbocycles. The molecule has 2 aromatic heterocycles. The zero-order valence-corrected chi connectivity index (χ0v) is 9.95. The van der Waals surface area contributed by atoms with Gasteiger partial charge in [0.2, 0.25) is 0 Å². The summed E-state index contributed by atoms with van der Waals surface area (Å²) in [5, 5.41) is 7.92. The molecule has 0 bridgehead atoms. The van der Waals surface area contributed by atoms with Crippen molar-refractivity contribution in [1.82, 2.24) is 9.78 Å². The molecule has 0 aliphatic carbocycles. The second-order valence-corrected chi connectivity index (χ2v) is 4.26. The molecule has 4 nitrogen and oxygen atoms in total. The fourth-order valence-corrected chi connectivity index (χ4v) is 1.95. The van der Waals surface area contributed by atoms with Crippen molar-refractivity contribution in [1.29, 1.82) is 0 Å². The highest BCUT2D eigenvalue weighted by Gasteiger charge is 2.14. The lowest BCUT2D eigenvalue weighted by Crippen LogP contribution is -2.06. The van der Waals surface area contributed by atoms with E-state index in [9.17, 15) is 4.79 Å². The van der Waals surface area contributed by atoms with Gasteiger partial charge >= 0.3 is 5.97 Å². The highest BCUT2D eigenvalue weighted by Crippen LogP contribution is 2.11. The zero-order chi connectivity index (χ0) is 11.5. The molecule has 0 amide bonds. The molecular weight excluding hydrogens is 224 g/mol. The first-order valence-corrected chi connectivity index (χ1v) is 5.79. The van der Waals surface area contributed by atoms with Gasteiger partial charge in [0.1, 0.15) is 12.2 Å². The van der Waals surface area contributed by atoms with Crippen LogP contribution in [-0.4, -0.2) is 15.7 Å². The number of hydrogen-bond acceptors (Lipinski definition) is 4. The molecule has 0 N–H and O–H groups in total. The van der Waals surface area contributed by atoms with Gasteiger partial charge in [-0.2, -0.15) is 16.4 Å². The topological polar surface area (TPSA) is 44.1 Å². The Balaban J connectivity index is 2.01. The molecule has 0 saturated carbocycles. The van der Waals surface area contributed by atoms with Gasteiger partial charge in [-0.15, -0.1) is 0 Å². The minimum Gasteiger partial charge on any atom is -0.457 e. The summed E-state index contributed by atoms with van der Waals surface area (Å²) < 4.78 is 6.83. The maximum absolute atomic E-state index is 11.7. The first-order valence-electron chi connectivity index (χ1n) is 4.85. The molecular formula is C11H12N2O2S. The Morgan fingerprint density at radius 3 is 3.00 bits per heavy atom. The normalized spacial score (nSPS) is 10.4. The Kier molecular flexibility index (Phi) is 3.05. The van der Waals surface area contributed by atoms with Gasteiger partial charge in [-0.05, 0) is 23.8 Å². The molecule has 2 rings (SSSR count). The third-order valence-corrected chi connectivity index (χ3v) is 3.14. The monoisotopic (exact) mass is 236 g/mol. The van der Waals surface area contributed by atoms with Crippen LogP contribution in [0, 0.1) is 6.92 Å². The molecule has 0 aliphatic rings. The fraction of sp³-hybridized carbons (Fsp3) is 0.273. The Bertz CT molecular complexity index is 488. The number of esters is 1. The van der Waals surface area contributed by atoms with Gasteiger partial charge in [0.05, 0.1) is 6.20 Å². The molecule has 0 radical (unpaired) electrons. The number of nitrogens with zero attached hydrogens (tertiary/aromatic N) is 2. The van der Waals surface area contributed by atoms with E-state index in [0.717, 1.165) is 11.3 Å². The molecule has 0 spiro atoms. The van der Waals surface area contributed by atoms with E-state index in [1.807, 2.05) is 23.8 Å². The number of aryl methyl sites for hydroxylation is 1. The molecule has 0 fully saturated rings. The summed E-state index contributed by atoms with van der Waals surface area (Å²) >= 11 is 1.59. The largest absolute Gasteiger partial charge is 0.457 e. The van der Waals surface area contributed by atoms with Crippen molar-refractivity contribution in [2.24, 2.45) is 7.05 Å². The lowest BCUT2D eigenvalue weighted by atomic mass is 10.2. The van der Waals surface area contributed by atoms with E-state index in [4.69, 9.17) is 4.74 Å². The summed E-state index contributed by atoms with van der Waals surface area (Å²) in [6.07, 6.45) is 1.53. The number of carbonyl (C=O) groups is 1. The van der Waals surface area contributed by atoms with Crippen LogP contribution in [0.4, 0.5) is 0 Å². The third-order valence-electron chi connectivity index (χ3n) is 2.41. The van der Waals surface area contributed by atoms with Gasteiger partial charge in [-0.1, -0.05) is 0 Å². The van der Waals surface area contributed by atoms with Crippen molar-refractivity contribution in [3.05, 3.63) is 39.8 Å². The summed E-state index contributed by atoms with van der Waals surface area (Å²) in [6.45, 7) is 2.16. The van der Waals surface area contributed by atoms with Gasteiger partial charge in [-0.3, -0.25) is 4.68 Å². The second kappa shape index (κ2) is 4.49. The molecule has 0 atom stereocenters. The highest BCUT2D eigenvalue weighted by atomic mass is 32.1. The molecule has 84 valence electrons. The summed E-state index contributed by atoms with van der Waals surface area (Å²) in [5.74, 6) is -0.322. The van der Waals surface area contributed by atoms with E-state index in [-0.39, 0.29) is 5.97 Å². The van der Waals surface area contributed by atoms with Crippen molar-refractivity contribution in [2.45, 2.75) is 13.5 Å². The highest BCUT2D eigenvalue weighted by molar-refractivity contribution is 7.07. The van der Waals surface area contributed by atoms with Gasteiger partial charge < -0.3 is 4.74 Å². The average molecular weight is 236 g/mol. The number of aromatic nitrogens is 2. The molecule has 0 aliphatic heterocycles. The van der Waals surface area contributed by atoms with Crippen molar-refractivity contribution in [2.75, 3.05) is 0 Å². The van der Waals surface area contributed by atoms with Crippen LogP contribution in [0.2, 0.25) is 0 Å². The predicted molar refractivity (Wildman–Crippen MR) is 61.4 cm³/mol. The maximum Gasteiger partial charge on any atom is 0.341 e. The molecule has 0 unspecified atom stereocenters. The number of carbonyl (C=O) groups excluding carboxylic acids is 1. The Labute approximate surface area is 97.5 Å². The predicted octanol–water partition coefficient (Wildman–Crippen LogP) is 2.15. The van der Waals surface area contributed by atoms with Crippen LogP contribution in [-0.2, 0) is 18.4 Å². The first-order chi connectivity index (χ1) is 7.68. The van der Waals surface area contributed by atoms with Crippen molar-refractivity contribution in [3.8, 4) is 0 Å². The van der Waals surface area contributed by atoms with Crippen molar-refractivity contribution < 1.29 is 9.53 Å². The molecule has 2 heterocycles. The number of hydrogen-bond donors (Lipinski definition) is 0. The quantitative estimate of drug-likeness (QED) is 0.767. The smallest absolute Gasteiger partial charge is 0.341 e. The summed E-state index contributed by atoms with van der Waals surface area (Å²) in [5.41, 5.74) is 2.35. The number of ether oxygens (including phenoxy) is 1. The SMILES string of the molecule is Cc1c(C(=O)OCc2ccsc2)cnn1C. The van der Waals surface area contributed by atoms with Gasteiger partial charge in [-0.25, -0.2) is 4.79 Å². The Morgan fingerprint density at radius 1 is 1.62 bits per heavy atom. The van der Waals surface area contributed by atoms with Crippen LogP contribution in [0.5, 0.6) is 0 Å². The minimum absolute atomic E-state index is 0.316. The molecule has 2 aromatic rings. The first kappa shape index (κ1) is 10.9. The summed E-state index contributed by atoms with van der Waals surface area (Å²) in [6, 6.07) is 1.94. The standard InChI is InChI=1S/C11H12N2O2S/c1-8-10(5-12-13(8)2)11(14)15-6-9-3-4-16-7-9/h3-5,7H,6H2,1-2H3. The molecule has 5 heteroatoms. The minimum atomic E-state index is -0.322. The lowest BCUT2D eigenvalue weighted by molar-refractivity contribution is 0.0472. The third kappa shape index (κ3) is 2.14. The van der Waals surface area contributed by atoms with Crippen molar-refractivity contribution in [3.63, 3.8) is 0 Å². The van der Waals surface area contributed by atoms with Crippen LogP contribution in [0.25, 0.3) is 0 Å². The number of thiophene rings is 1. The van der Waals surface area contributed by atoms with Crippen LogP contribution in [0.3, 0.4) is 0 Å². The number of rotatable bonds is 3. The van der Waals surface area contributed by atoms with Gasteiger partial charge in [0.15, 0.2) is 0 Å². The maximum atomic E-state index is 11.7. The van der Waals surface area contributed by atoms with Crippen LogP contribution in [0.15, 0.2) is 23.0 Å². The van der Waals surface area contributed by atoms with E-state index >= 15 is 0 Å². The van der Waals surface area contributed by atoms with Crippen LogP contribution < -0.4 is 0 Å². The summed E-state index contributed by atoms with van der Waals surface area (Å²) in [4.78, 5) is 11.7. The van der Waals surface area contributed by atoms with Crippen molar-refractivity contribution >= 4 is 17.3 Å². The van der Waals surface area contributed by atoms with E-state index in [0.29, 0.717) is 12.2 Å². The van der Waals surface area contributed by atoms with E-state index in [1.165, 1.54) is 6.20 Å².